The number of carbonyl (C=O) groups is 2. The standard InChI is InChI=1S/C24H21FN4O2.C22H24N4O2S/c1-14(2)31-23-20-13-17(7-12-21(20)28-24(26)29-23)15-3-5-16(6-4-15)22(30)27-19-10-8-18(25)9-11-19;1-14(2)28-20-18-13-17(7-8-19(18)24-22(23)25-20)15-3-5-16(6-4-15)21(27)26-9-11-29-12-10-26/h3-14H,1-2H3,(H,27,30)(H2,26,28,29);3-8,13-14H,9-12H2,1-2H3,(H2,23,24,25). The third-order valence-electron chi connectivity index (χ3n) is 9.40. The lowest BCUT2D eigenvalue weighted by molar-refractivity contribution is 0.0772. The number of rotatable bonds is 9. The van der Waals surface area contributed by atoms with Gasteiger partial charge in [-0.15, -0.1) is 0 Å². The van der Waals surface area contributed by atoms with Crippen molar-refractivity contribution in [3.8, 4) is 34.0 Å². The van der Waals surface area contributed by atoms with Crippen molar-refractivity contribution in [2.75, 3.05) is 41.4 Å². The van der Waals surface area contributed by atoms with Crippen molar-refractivity contribution in [3.63, 3.8) is 0 Å². The van der Waals surface area contributed by atoms with Gasteiger partial charge in [0.15, 0.2) is 0 Å². The van der Waals surface area contributed by atoms with E-state index >= 15 is 0 Å². The summed E-state index contributed by atoms with van der Waals surface area (Å²) in [7, 11) is 0. The van der Waals surface area contributed by atoms with E-state index in [4.69, 9.17) is 20.9 Å². The summed E-state index contributed by atoms with van der Waals surface area (Å²) in [6, 6.07) is 32.2. The van der Waals surface area contributed by atoms with E-state index in [0.717, 1.165) is 68.7 Å². The number of aromatic nitrogens is 4. The van der Waals surface area contributed by atoms with Gasteiger partial charge in [0.1, 0.15) is 5.82 Å². The van der Waals surface area contributed by atoms with Crippen LogP contribution in [0.3, 0.4) is 0 Å². The number of halogens is 1. The fourth-order valence-corrected chi connectivity index (χ4v) is 7.43. The summed E-state index contributed by atoms with van der Waals surface area (Å²) in [6.07, 6.45) is -0.0744. The van der Waals surface area contributed by atoms with Gasteiger partial charge in [0.25, 0.3) is 11.8 Å². The average molecular weight is 825 g/mol. The zero-order valence-electron chi connectivity index (χ0n) is 33.7. The van der Waals surface area contributed by atoms with Gasteiger partial charge < -0.3 is 31.2 Å². The molecule has 1 fully saturated rings. The van der Waals surface area contributed by atoms with E-state index in [2.05, 4.69) is 25.3 Å². The highest BCUT2D eigenvalue weighted by Gasteiger charge is 2.19. The van der Waals surface area contributed by atoms with Gasteiger partial charge in [-0.1, -0.05) is 36.4 Å². The van der Waals surface area contributed by atoms with E-state index in [1.807, 2.05) is 117 Å². The molecule has 12 nitrogen and oxygen atoms in total. The van der Waals surface area contributed by atoms with Crippen LogP contribution in [0.2, 0.25) is 0 Å². The second-order valence-corrected chi connectivity index (χ2v) is 15.8. The highest BCUT2D eigenvalue weighted by molar-refractivity contribution is 7.99. The molecule has 14 heteroatoms. The zero-order valence-corrected chi connectivity index (χ0v) is 34.5. The van der Waals surface area contributed by atoms with Gasteiger partial charge in [-0.05, 0) is 123 Å². The minimum Gasteiger partial charge on any atom is -0.474 e. The van der Waals surface area contributed by atoms with E-state index in [0.29, 0.717) is 28.5 Å². The van der Waals surface area contributed by atoms with Crippen molar-refractivity contribution in [1.29, 1.82) is 0 Å². The lowest BCUT2D eigenvalue weighted by atomic mass is 10.0. The first-order valence-corrected chi connectivity index (χ1v) is 20.7. The molecule has 5 N–H and O–H groups in total. The number of benzene rings is 5. The number of nitrogens with zero attached hydrogens (tertiary/aromatic N) is 5. The first kappa shape index (κ1) is 41.4. The molecule has 0 spiro atoms. The number of amides is 2. The topological polar surface area (TPSA) is 171 Å². The molecule has 1 saturated heterocycles. The van der Waals surface area contributed by atoms with E-state index in [1.54, 1.807) is 12.1 Å². The molecule has 0 bridgehead atoms. The molecule has 0 saturated carbocycles. The maximum atomic E-state index is 13.0. The van der Waals surface area contributed by atoms with Crippen molar-refractivity contribution < 1.29 is 23.5 Å². The highest BCUT2D eigenvalue weighted by atomic mass is 32.2. The quantitative estimate of drug-likeness (QED) is 0.127. The first-order valence-electron chi connectivity index (χ1n) is 19.5. The number of anilines is 3. The van der Waals surface area contributed by atoms with E-state index in [1.165, 1.54) is 24.3 Å². The molecule has 1 aliphatic rings. The summed E-state index contributed by atoms with van der Waals surface area (Å²) in [6.45, 7) is 9.37. The summed E-state index contributed by atoms with van der Waals surface area (Å²) in [5.41, 5.74) is 18.7. The van der Waals surface area contributed by atoms with E-state index in [9.17, 15) is 14.0 Å². The Morgan fingerprint density at radius 1 is 0.633 bits per heavy atom. The van der Waals surface area contributed by atoms with Crippen LogP contribution in [-0.4, -0.2) is 73.5 Å². The number of nitrogen functional groups attached to an aromatic ring is 2. The van der Waals surface area contributed by atoms with Gasteiger partial charge in [0.2, 0.25) is 23.7 Å². The zero-order chi connectivity index (χ0) is 42.3. The van der Waals surface area contributed by atoms with E-state index < -0.39 is 0 Å². The Morgan fingerprint density at radius 2 is 1.08 bits per heavy atom. The van der Waals surface area contributed by atoms with Gasteiger partial charge in [-0.3, -0.25) is 9.59 Å². The SMILES string of the molecule is CC(C)Oc1nc(N)nc2ccc(-c3ccc(C(=O)N4CCSCC4)cc3)cc12.CC(C)Oc1nc(N)nc2ccc(-c3ccc(C(=O)Nc4ccc(F)cc4)cc3)cc12. The largest absolute Gasteiger partial charge is 0.474 e. The molecular formula is C46H45FN8O4S. The molecule has 8 rings (SSSR count). The number of fused-ring (bicyclic) bond motifs is 2. The van der Waals surface area contributed by atoms with Crippen molar-refractivity contribution in [1.82, 2.24) is 24.8 Å². The van der Waals surface area contributed by atoms with Crippen LogP contribution in [-0.2, 0) is 0 Å². The number of ether oxygens (including phenoxy) is 2. The fraction of sp³-hybridized carbons (Fsp3) is 0.217. The van der Waals surface area contributed by atoms with Crippen LogP contribution in [0.4, 0.5) is 22.0 Å². The second-order valence-electron chi connectivity index (χ2n) is 14.6. The number of nitrogens with one attached hydrogen (secondary N) is 1. The monoisotopic (exact) mass is 824 g/mol. The third kappa shape index (κ3) is 10.1. The number of carbonyl (C=O) groups excluding carboxylic acids is 2. The normalized spacial score (nSPS) is 12.6. The van der Waals surface area contributed by atoms with Crippen molar-refractivity contribution >= 4 is 63.0 Å². The Hall–Kier alpha value is -6.80. The maximum absolute atomic E-state index is 13.0. The van der Waals surface area contributed by atoms with Gasteiger partial charge in [0.05, 0.1) is 34.0 Å². The van der Waals surface area contributed by atoms with Crippen LogP contribution in [0.25, 0.3) is 44.1 Å². The minimum absolute atomic E-state index is 0.0189. The predicted molar refractivity (Wildman–Crippen MR) is 238 cm³/mol. The lowest BCUT2D eigenvalue weighted by Gasteiger charge is -2.26. The van der Waals surface area contributed by atoms with Crippen LogP contribution < -0.4 is 26.3 Å². The molecule has 1 aliphatic heterocycles. The maximum Gasteiger partial charge on any atom is 0.255 e. The lowest BCUT2D eigenvalue weighted by Crippen LogP contribution is -2.37. The predicted octanol–water partition coefficient (Wildman–Crippen LogP) is 8.91. The Balaban J connectivity index is 0.000000182. The molecule has 0 unspecified atom stereocenters. The molecule has 0 aliphatic carbocycles. The third-order valence-corrected chi connectivity index (χ3v) is 10.3. The highest BCUT2D eigenvalue weighted by Crippen LogP contribution is 2.32. The smallest absolute Gasteiger partial charge is 0.255 e. The van der Waals surface area contributed by atoms with Crippen molar-refractivity contribution in [2.24, 2.45) is 0 Å². The van der Waals surface area contributed by atoms with Gasteiger partial charge in [-0.2, -0.15) is 21.7 Å². The van der Waals surface area contributed by atoms with Gasteiger partial charge in [-0.25, -0.2) is 14.4 Å². The molecule has 0 atom stereocenters. The summed E-state index contributed by atoms with van der Waals surface area (Å²) in [4.78, 5) is 44.1. The molecule has 306 valence electrons. The molecule has 3 heterocycles. The Morgan fingerprint density at radius 3 is 1.55 bits per heavy atom. The van der Waals surface area contributed by atoms with Gasteiger partial charge >= 0.3 is 0 Å². The number of thioether (sulfide) groups is 1. The van der Waals surface area contributed by atoms with Crippen LogP contribution >= 0.6 is 11.8 Å². The summed E-state index contributed by atoms with van der Waals surface area (Å²) < 4.78 is 24.7. The molecule has 60 heavy (non-hydrogen) atoms. The average Bonchev–Trinajstić information content (AvgIpc) is 3.24. The Bertz CT molecular complexity index is 2640. The second kappa shape index (κ2) is 18.4. The van der Waals surface area contributed by atoms with Crippen LogP contribution in [0, 0.1) is 5.82 Å². The van der Waals surface area contributed by atoms with Crippen LogP contribution in [0.1, 0.15) is 48.4 Å². The number of hydrogen-bond donors (Lipinski definition) is 3. The molecule has 2 aromatic heterocycles. The number of hydrogen-bond acceptors (Lipinski definition) is 11. The minimum atomic E-state index is -0.354. The molecule has 7 aromatic rings. The summed E-state index contributed by atoms with van der Waals surface area (Å²) in [5.74, 6) is 2.77. The van der Waals surface area contributed by atoms with Crippen LogP contribution in [0.15, 0.2) is 109 Å². The van der Waals surface area contributed by atoms with Crippen LogP contribution in [0.5, 0.6) is 11.8 Å². The van der Waals surface area contributed by atoms with Crippen molar-refractivity contribution in [2.45, 2.75) is 39.9 Å². The van der Waals surface area contributed by atoms with Crippen molar-refractivity contribution in [3.05, 3.63) is 126 Å². The first-order chi connectivity index (χ1) is 28.9. The van der Waals surface area contributed by atoms with Gasteiger partial charge in [0, 0.05) is 41.4 Å². The Labute approximate surface area is 351 Å². The molecule has 2 amide bonds. The fourth-order valence-electron chi connectivity index (χ4n) is 6.53. The number of nitrogens with two attached hydrogens (primary N) is 2. The Kier molecular flexibility index (Phi) is 12.7. The molecule has 5 aromatic carbocycles. The molecular weight excluding hydrogens is 780 g/mol. The molecule has 0 radical (unpaired) electrons. The summed E-state index contributed by atoms with van der Waals surface area (Å²) >= 11 is 1.90. The van der Waals surface area contributed by atoms with E-state index in [-0.39, 0.29) is 41.7 Å². The summed E-state index contributed by atoms with van der Waals surface area (Å²) in [5, 5.41) is 4.33.